The highest BCUT2D eigenvalue weighted by Gasteiger charge is 2.57. The predicted octanol–water partition coefficient (Wildman–Crippen LogP) is 3.26. The summed E-state index contributed by atoms with van der Waals surface area (Å²) in [4.78, 5) is 11.9. The second-order valence-electron chi connectivity index (χ2n) is 5.84. The van der Waals surface area contributed by atoms with Gasteiger partial charge in [0.25, 0.3) is 0 Å². The van der Waals surface area contributed by atoms with Crippen molar-refractivity contribution in [2.24, 2.45) is 5.41 Å². The largest absolute Gasteiger partial charge is 0.480 e. The molecule has 0 aromatic heterocycles. The van der Waals surface area contributed by atoms with Crippen LogP contribution in [0.3, 0.4) is 0 Å². The van der Waals surface area contributed by atoms with Crippen molar-refractivity contribution in [3.63, 3.8) is 0 Å². The van der Waals surface area contributed by atoms with Crippen molar-refractivity contribution in [2.45, 2.75) is 18.3 Å². The minimum atomic E-state index is -1.35. The minimum Gasteiger partial charge on any atom is -0.480 e. The van der Waals surface area contributed by atoms with Crippen LogP contribution in [0.1, 0.15) is 40.5 Å². The summed E-state index contributed by atoms with van der Waals surface area (Å²) in [5.74, 6) is -1.39. The molecule has 3 aliphatic rings. The van der Waals surface area contributed by atoms with Gasteiger partial charge in [-0.15, -0.1) is 0 Å². The number of nitriles is 1. The van der Waals surface area contributed by atoms with Crippen molar-refractivity contribution in [3.05, 3.63) is 70.8 Å². The number of hydrogen-bond donors (Lipinski definition) is 1. The average Bonchev–Trinajstić information content (AvgIpc) is 2.54. The van der Waals surface area contributed by atoms with E-state index in [2.05, 4.69) is 18.2 Å². The second kappa shape index (κ2) is 3.95. The van der Waals surface area contributed by atoms with Crippen molar-refractivity contribution >= 4 is 5.97 Å². The third-order valence-electron chi connectivity index (χ3n) is 4.96. The Hall–Kier alpha value is -2.60. The first-order valence-electron chi connectivity index (χ1n) is 7.01. The Labute approximate surface area is 122 Å². The molecule has 0 fully saturated rings. The monoisotopic (exact) mass is 275 g/mol. The second-order valence-corrected chi connectivity index (χ2v) is 5.84. The van der Waals surface area contributed by atoms with Crippen LogP contribution in [0, 0.1) is 16.7 Å². The van der Waals surface area contributed by atoms with Crippen molar-refractivity contribution in [2.75, 3.05) is 0 Å². The molecule has 0 heterocycles. The lowest BCUT2D eigenvalue weighted by Gasteiger charge is -2.47. The molecule has 3 nitrogen and oxygen atoms in total. The topological polar surface area (TPSA) is 61.1 Å². The van der Waals surface area contributed by atoms with Gasteiger partial charge in [0.2, 0.25) is 0 Å². The molecular formula is C18H13NO2. The molecule has 2 aromatic carbocycles. The lowest BCUT2D eigenvalue weighted by atomic mass is 9.52. The molecule has 0 saturated heterocycles. The molecule has 1 atom stereocenters. The summed E-state index contributed by atoms with van der Waals surface area (Å²) < 4.78 is 0. The zero-order chi connectivity index (χ0) is 14.6. The van der Waals surface area contributed by atoms with Gasteiger partial charge < -0.3 is 5.11 Å². The molecule has 1 unspecified atom stereocenters. The number of aliphatic carboxylic acids is 1. The molecule has 102 valence electrons. The molecule has 2 aromatic rings. The normalized spacial score (nSPS) is 28.3. The summed E-state index contributed by atoms with van der Waals surface area (Å²) in [5, 5.41) is 19.4. The number of nitrogens with zero attached hydrogens (tertiary/aromatic N) is 1. The fraction of sp³-hybridized carbons (Fsp3) is 0.222. The Kier molecular flexibility index (Phi) is 2.29. The third-order valence-corrected chi connectivity index (χ3v) is 4.96. The van der Waals surface area contributed by atoms with Crippen LogP contribution < -0.4 is 0 Å². The Morgan fingerprint density at radius 3 is 1.95 bits per heavy atom. The van der Waals surface area contributed by atoms with Gasteiger partial charge in [-0.3, -0.25) is 4.79 Å². The highest BCUT2D eigenvalue weighted by atomic mass is 16.4. The fourth-order valence-electron chi connectivity index (χ4n) is 4.08. The molecule has 0 spiro atoms. The molecule has 2 bridgehead atoms. The van der Waals surface area contributed by atoms with Crippen LogP contribution in [-0.2, 0) is 4.79 Å². The van der Waals surface area contributed by atoms with E-state index in [1.165, 1.54) is 11.1 Å². The van der Waals surface area contributed by atoms with Crippen LogP contribution in [0.15, 0.2) is 48.5 Å². The molecule has 3 heteroatoms. The van der Waals surface area contributed by atoms with Crippen LogP contribution in [0.5, 0.6) is 0 Å². The van der Waals surface area contributed by atoms with Crippen LogP contribution in [0.4, 0.5) is 0 Å². The summed E-state index contributed by atoms with van der Waals surface area (Å²) in [6.45, 7) is 0. The Bertz CT molecular complexity index is 757. The number of benzene rings is 2. The number of carboxylic acids is 1. The maximum atomic E-state index is 11.9. The standard InChI is InChI=1S/C18H13NO2/c19-10-18(17(20)21)9-15-11-5-1-3-7-13(11)16(18)14-8-4-2-6-12(14)15/h1-8,15-16H,9H2,(H,20,21). The number of carboxylic acid groups (broad SMARTS) is 1. The van der Waals surface area contributed by atoms with Gasteiger partial charge in [-0.05, 0) is 28.7 Å². The highest BCUT2D eigenvalue weighted by Crippen LogP contribution is 2.60. The summed E-state index contributed by atoms with van der Waals surface area (Å²) >= 11 is 0. The molecule has 3 aliphatic carbocycles. The van der Waals surface area contributed by atoms with Gasteiger partial charge in [0.1, 0.15) is 0 Å². The Morgan fingerprint density at radius 1 is 1.05 bits per heavy atom. The molecule has 0 radical (unpaired) electrons. The van der Waals surface area contributed by atoms with E-state index in [1.54, 1.807) is 0 Å². The van der Waals surface area contributed by atoms with E-state index in [4.69, 9.17) is 0 Å². The van der Waals surface area contributed by atoms with Gasteiger partial charge >= 0.3 is 5.97 Å². The summed E-state index contributed by atoms with van der Waals surface area (Å²) in [6.07, 6.45) is 0.359. The summed E-state index contributed by atoms with van der Waals surface area (Å²) in [6, 6.07) is 18.0. The van der Waals surface area contributed by atoms with E-state index >= 15 is 0 Å². The van der Waals surface area contributed by atoms with E-state index in [1.807, 2.05) is 36.4 Å². The van der Waals surface area contributed by atoms with Gasteiger partial charge in [0, 0.05) is 11.8 Å². The first-order chi connectivity index (χ1) is 10.2. The maximum absolute atomic E-state index is 11.9. The quantitative estimate of drug-likeness (QED) is 0.869. The SMILES string of the molecule is N#CC1(C(=O)O)CC2c3ccccc3C1c1ccccc12. The zero-order valence-electron chi connectivity index (χ0n) is 11.3. The first kappa shape index (κ1) is 12.2. The Morgan fingerprint density at radius 2 is 1.52 bits per heavy atom. The average molecular weight is 275 g/mol. The zero-order valence-corrected chi connectivity index (χ0v) is 11.3. The number of hydrogen-bond acceptors (Lipinski definition) is 2. The van der Waals surface area contributed by atoms with Gasteiger partial charge in [0.15, 0.2) is 5.41 Å². The lowest BCUT2D eigenvalue weighted by molar-refractivity contribution is -0.147. The molecule has 21 heavy (non-hydrogen) atoms. The van der Waals surface area contributed by atoms with Crippen molar-refractivity contribution in [1.82, 2.24) is 0 Å². The van der Waals surface area contributed by atoms with Crippen molar-refractivity contribution < 1.29 is 9.90 Å². The molecule has 0 aliphatic heterocycles. The molecule has 0 saturated carbocycles. The Balaban J connectivity index is 2.08. The fourth-order valence-corrected chi connectivity index (χ4v) is 4.08. The maximum Gasteiger partial charge on any atom is 0.325 e. The molecular weight excluding hydrogens is 262 g/mol. The number of rotatable bonds is 1. The first-order valence-corrected chi connectivity index (χ1v) is 7.01. The van der Waals surface area contributed by atoms with E-state index in [0.717, 1.165) is 11.1 Å². The highest BCUT2D eigenvalue weighted by molar-refractivity contribution is 5.83. The van der Waals surface area contributed by atoms with Crippen molar-refractivity contribution in [1.29, 1.82) is 5.26 Å². The van der Waals surface area contributed by atoms with Crippen molar-refractivity contribution in [3.8, 4) is 6.07 Å². The number of carbonyl (C=O) groups is 1. The van der Waals surface area contributed by atoms with Crippen LogP contribution in [0.2, 0.25) is 0 Å². The van der Waals surface area contributed by atoms with Crippen LogP contribution >= 0.6 is 0 Å². The van der Waals surface area contributed by atoms with E-state index < -0.39 is 11.4 Å². The van der Waals surface area contributed by atoms with E-state index in [0.29, 0.717) is 6.42 Å². The number of fused-ring (bicyclic) bond motifs is 1. The molecule has 1 N–H and O–H groups in total. The van der Waals surface area contributed by atoms with E-state index in [-0.39, 0.29) is 11.8 Å². The van der Waals surface area contributed by atoms with Gasteiger partial charge in [-0.1, -0.05) is 48.5 Å². The van der Waals surface area contributed by atoms with Gasteiger partial charge in [-0.2, -0.15) is 5.26 Å². The van der Waals surface area contributed by atoms with Gasteiger partial charge in [-0.25, -0.2) is 0 Å². The molecule has 0 amide bonds. The summed E-state index contributed by atoms with van der Waals surface area (Å²) in [7, 11) is 0. The van der Waals surface area contributed by atoms with Crippen LogP contribution in [-0.4, -0.2) is 11.1 Å². The minimum absolute atomic E-state index is 0.00171. The third kappa shape index (κ3) is 1.34. The smallest absolute Gasteiger partial charge is 0.325 e. The molecule has 5 rings (SSSR count). The summed E-state index contributed by atoms with van der Waals surface area (Å²) in [5.41, 5.74) is 2.99. The lowest BCUT2D eigenvalue weighted by Crippen LogP contribution is -2.45. The predicted molar refractivity (Wildman–Crippen MR) is 76.9 cm³/mol. The van der Waals surface area contributed by atoms with E-state index in [9.17, 15) is 15.2 Å². The van der Waals surface area contributed by atoms with Gasteiger partial charge in [0.05, 0.1) is 6.07 Å². The van der Waals surface area contributed by atoms with Crippen LogP contribution in [0.25, 0.3) is 0 Å².